The van der Waals surface area contributed by atoms with Crippen LogP contribution in [0.4, 0.5) is 0 Å². The van der Waals surface area contributed by atoms with E-state index in [4.69, 9.17) is 4.74 Å². The molecule has 138 valence electrons. The van der Waals surface area contributed by atoms with Crippen molar-refractivity contribution in [3.63, 3.8) is 0 Å². The third-order valence-corrected chi connectivity index (χ3v) is 4.03. The molecule has 2 aromatic carbocycles. The summed E-state index contributed by atoms with van der Waals surface area (Å²) >= 11 is 0. The molecule has 3 aromatic rings. The molecule has 0 unspecified atom stereocenters. The lowest BCUT2D eigenvalue weighted by Crippen LogP contribution is -2.38. The van der Waals surface area contributed by atoms with Gasteiger partial charge in [-0.05, 0) is 12.0 Å². The van der Waals surface area contributed by atoms with Gasteiger partial charge in [-0.25, -0.2) is 4.98 Å². The number of esters is 1. The highest BCUT2D eigenvalue weighted by atomic mass is 16.5. The standard InChI is InChI=1S/C21H20N2O4/c1-14(2)12-19(24)27-13-17-20(21(25)15-8-4-3-5-9-15)23(26)18-11-7-6-10-16(18)22-17/h3-11,14H,12-13H2,1-2H3. The summed E-state index contributed by atoms with van der Waals surface area (Å²) < 4.78 is 5.84. The number of ketones is 1. The number of aromatic nitrogens is 2. The van der Waals surface area contributed by atoms with Gasteiger partial charge in [0.2, 0.25) is 5.52 Å². The zero-order valence-electron chi connectivity index (χ0n) is 15.2. The highest BCUT2D eigenvalue weighted by Crippen LogP contribution is 2.16. The third-order valence-electron chi connectivity index (χ3n) is 4.03. The lowest BCUT2D eigenvalue weighted by molar-refractivity contribution is -0.580. The van der Waals surface area contributed by atoms with Crippen molar-refractivity contribution in [1.29, 1.82) is 0 Å². The molecule has 0 N–H and O–H groups in total. The molecular formula is C21H20N2O4. The van der Waals surface area contributed by atoms with E-state index in [2.05, 4.69) is 4.98 Å². The van der Waals surface area contributed by atoms with E-state index in [1.54, 1.807) is 54.6 Å². The Morgan fingerprint density at radius 2 is 1.74 bits per heavy atom. The molecule has 0 aliphatic rings. The Morgan fingerprint density at radius 1 is 1.07 bits per heavy atom. The van der Waals surface area contributed by atoms with Crippen molar-refractivity contribution in [3.8, 4) is 0 Å². The Morgan fingerprint density at radius 3 is 2.44 bits per heavy atom. The zero-order chi connectivity index (χ0) is 19.4. The van der Waals surface area contributed by atoms with Gasteiger partial charge in [0.05, 0.1) is 0 Å². The molecule has 0 spiro atoms. The summed E-state index contributed by atoms with van der Waals surface area (Å²) in [6.07, 6.45) is 0.257. The van der Waals surface area contributed by atoms with Crippen LogP contribution in [0.15, 0.2) is 54.6 Å². The Labute approximate surface area is 157 Å². The fourth-order valence-corrected chi connectivity index (χ4v) is 2.76. The number of benzene rings is 2. The van der Waals surface area contributed by atoms with Gasteiger partial charge in [-0.1, -0.05) is 56.3 Å². The van der Waals surface area contributed by atoms with Crippen LogP contribution in [0.1, 0.15) is 42.0 Å². The first-order valence-corrected chi connectivity index (χ1v) is 8.74. The Hall–Kier alpha value is -3.28. The summed E-state index contributed by atoms with van der Waals surface area (Å²) in [4.78, 5) is 29.3. The van der Waals surface area contributed by atoms with Crippen molar-refractivity contribution in [1.82, 2.24) is 4.98 Å². The molecule has 0 saturated carbocycles. The number of carbonyl (C=O) groups excluding carboxylic acids is 2. The molecule has 0 fully saturated rings. The summed E-state index contributed by atoms with van der Waals surface area (Å²) in [6, 6.07) is 15.2. The summed E-state index contributed by atoms with van der Waals surface area (Å²) in [5.74, 6) is -0.703. The Bertz CT molecular complexity index is 984. The van der Waals surface area contributed by atoms with E-state index in [1.165, 1.54) is 0 Å². The molecule has 6 heteroatoms. The fourth-order valence-electron chi connectivity index (χ4n) is 2.76. The topological polar surface area (TPSA) is 83.2 Å². The first-order valence-electron chi connectivity index (χ1n) is 8.74. The average molecular weight is 364 g/mol. The number of carbonyl (C=O) groups is 2. The number of hydrogen-bond donors (Lipinski definition) is 0. The second-order valence-electron chi connectivity index (χ2n) is 6.64. The van der Waals surface area contributed by atoms with Gasteiger partial charge >= 0.3 is 5.97 Å². The van der Waals surface area contributed by atoms with Crippen molar-refractivity contribution in [2.24, 2.45) is 5.92 Å². The number of ether oxygens (including phenoxy) is 1. The molecule has 1 aromatic heterocycles. The predicted octanol–water partition coefficient (Wildman–Crippen LogP) is 3.19. The highest BCUT2D eigenvalue weighted by molar-refractivity contribution is 6.07. The van der Waals surface area contributed by atoms with E-state index in [0.717, 1.165) is 0 Å². The molecule has 3 rings (SSSR count). The van der Waals surface area contributed by atoms with E-state index in [-0.39, 0.29) is 35.9 Å². The normalized spacial score (nSPS) is 10.9. The molecule has 1 heterocycles. The predicted molar refractivity (Wildman–Crippen MR) is 99.8 cm³/mol. The van der Waals surface area contributed by atoms with Crippen LogP contribution in [-0.2, 0) is 16.1 Å². The van der Waals surface area contributed by atoms with Gasteiger partial charge in [-0.2, -0.15) is 4.73 Å². The van der Waals surface area contributed by atoms with Crippen molar-refractivity contribution >= 4 is 22.8 Å². The summed E-state index contributed by atoms with van der Waals surface area (Å²) in [5.41, 5.74) is 1.11. The number of rotatable bonds is 6. The molecule has 0 radical (unpaired) electrons. The van der Waals surface area contributed by atoms with Crippen molar-refractivity contribution < 1.29 is 19.1 Å². The van der Waals surface area contributed by atoms with Crippen LogP contribution in [0.2, 0.25) is 0 Å². The molecule has 0 amide bonds. The molecular weight excluding hydrogens is 344 g/mol. The summed E-state index contributed by atoms with van der Waals surface area (Å²) in [7, 11) is 0. The van der Waals surface area contributed by atoms with Gasteiger partial charge < -0.3 is 9.94 Å². The van der Waals surface area contributed by atoms with Crippen LogP contribution >= 0.6 is 0 Å². The van der Waals surface area contributed by atoms with Gasteiger partial charge in [0.25, 0.3) is 11.5 Å². The highest BCUT2D eigenvalue weighted by Gasteiger charge is 2.27. The van der Waals surface area contributed by atoms with Crippen LogP contribution in [-0.4, -0.2) is 16.7 Å². The molecule has 27 heavy (non-hydrogen) atoms. The van der Waals surface area contributed by atoms with E-state index in [1.807, 2.05) is 13.8 Å². The monoisotopic (exact) mass is 364 g/mol. The quantitative estimate of drug-likeness (QED) is 0.290. The van der Waals surface area contributed by atoms with Gasteiger partial charge in [-0.3, -0.25) is 9.59 Å². The maximum Gasteiger partial charge on any atom is 0.306 e. The van der Waals surface area contributed by atoms with E-state index in [9.17, 15) is 14.8 Å². The maximum atomic E-state index is 13.0. The van der Waals surface area contributed by atoms with E-state index >= 15 is 0 Å². The van der Waals surface area contributed by atoms with Crippen LogP contribution < -0.4 is 4.73 Å². The van der Waals surface area contributed by atoms with Gasteiger partial charge in [0.1, 0.15) is 12.1 Å². The molecule has 0 bridgehead atoms. The molecule has 0 atom stereocenters. The van der Waals surface area contributed by atoms with Gasteiger partial charge in [0, 0.05) is 18.1 Å². The number of para-hydroxylation sites is 2. The third kappa shape index (κ3) is 4.11. The second kappa shape index (κ2) is 7.95. The van der Waals surface area contributed by atoms with Gasteiger partial charge in [-0.15, -0.1) is 0 Å². The van der Waals surface area contributed by atoms with Crippen molar-refractivity contribution in [3.05, 3.63) is 76.8 Å². The van der Waals surface area contributed by atoms with Crippen LogP contribution in [0.3, 0.4) is 0 Å². The molecule has 0 aliphatic carbocycles. The first-order chi connectivity index (χ1) is 13.0. The summed E-state index contributed by atoms with van der Waals surface area (Å²) in [6.45, 7) is 3.59. The Kier molecular flexibility index (Phi) is 5.45. The SMILES string of the molecule is CC(C)CC(=O)OCc1nc2ccccc2[n+]([O-])c1C(=O)c1ccccc1. The van der Waals surface area contributed by atoms with Crippen molar-refractivity contribution in [2.45, 2.75) is 26.9 Å². The van der Waals surface area contributed by atoms with Crippen LogP contribution in [0, 0.1) is 11.1 Å². The maximum absolute atomic E-state index is 13.0. The van der Waals surface area contributed by atoms with Crippen molar-refractivity contribution in [2.75, 3.05) is 0 Å². The van der Waals surface area contributed by atoms with Crippen LogP contribution in [0.25, 0.3) is 11.0 Å². The Balaban J connectivity index is 2.05. The van der Waals surface area contributed by atoms with Crippen LogP contribution in [0.5, 0.6) is 0 Å². The fraction of sp³-hybridized carbons (Fsp3) is 0.238. The molecule has 6 nitrogen and oxygen atoms in total. The number of hydrogen-bond acceptors (Lipinski definition) is 5. The minimum absolute atomic E-state index is 0.128. The lowest BCUT2D eigenvalue weighted by Gasteiger charge is -2.12. The minimum atomic E-state index is -0.459. The average Bonchev–Trinajstić information content (AvgIpc) is 2.66. The number of nitrogens with zero attached hydrogens (tertiary/aromatic N) is 2. The first kappa shape index (κ1) is 18.5. The largest absolute Gasteiger partial charge is 0.618 e. The van der Waals surface area contributed by atoms with E-state index < -0.39 is 11.8 Å². The smallest absolute Gasteiger partial charge is 0.306 e. The minimum Gasteiger partial charge on any atom is -0.618 e. The second-order valence-corrected chi connectivity index (χ2v) is 6.64. The van der Waals surface area contributed by atoms with E-state index in [0.29, 0.717) is 15.8 Å². The number of fused-ring (bicyclic) bond motifs is 1. The van der Waals surface area contributed by atoms with Gasteiger partial charge in [0.15, 0.2) is 5.69 Å². The lowest BCUT2D eigenvalue weighted by atomic mass is 10.1. The zero-order valence-corrected chi connectivity index (χ0v) is 15.2. The molecule has 0 saturated heterocycles. The molecule has 0 aliphatic heterocycles. The summed E-state index contributed by atoms with van der Waals surface area (Å²) in [5, 5.41) is 12.9.